The number of benzene rings is 1. The lowest BCUT2D eigenvalue weighted by Crippen LogP contribution is -2.43. The smallest absolute Gasteiger partial charge is 0.293 e. The van der Waals surface area contributed by atoms with E-state index in [-0.39, 0.29) is 16.5 Å². The molecule has 2 aromatic heterocycles. The van der Waals surface area contributed by atoms with Crippen LogP contribution in [0.2, 0.25) is 0 Å². The lowest BCUT2D eigenvalue weighted by molar-refractivity contribution is 0.430. The first kappa shape index (κ1) is 14.9. The van der Waals surface area contributed by atoms with Crippen LogP contribution in [0.15, 0.2) is 26.2 Å². The number of nitrogens with one attached hydrogen (secondary N) is 2. The van der Waals surface area contributed by atoms with Gasteiger partial charge in [-0.2, -0.15) is 5.16 Å². The van der Waals surface area contributed by atoms with Crippen LogP contribution < -0.4 is 21.2 Å². The van der Waals surface area contributed by atoms with Crippen LogP contribution in [0.3, 0.4) is 0 Å². The van der Waals surface area contributed by atoms with Gasteiger partial charge in [-0.3, -0.25) is 9.59 Å². The van der Waals surface area contributed by atoms with Crippen molar-refractivity contribution in [3.05, 3.63) is 38.5 Å². The molecule has 0 amide bonds. The van der Waals surface area contributed by atoms with Crippen LogP contribution in [0.4, 0.5) is 10.1 Å². The van der Waals surface area contributed by atoms with Gasteiger partial charge >= 0.3 is 0 Å². The van der Waals surface area contributed by atoms with E-state index in [9.17, 15) is 14.0 Å². The first-order valence-corrected chi connectivity index (χ1v) is 7.94. The third-order valence-electron chi connectivity index (χ3n) is 4.53. The van der Waals surface area contributed by atoms with Gasteiger partial charge in [-0.25, -0.2) is 4.39 Å². The van der Waals surface area contributed by atoms with E-state index < -0.39 is 16.8 Å². The lowest BCUT2D eigenvalue weighted by Gasteiger charge is -2.30. The zero-order valence-electron chi connectivity index (χ0n) is 13.2. The fourth-order valence-electron chi connectivity index (χ4n) is 3.35. The zero-order chi connectivity index (χ0) is 16.8. The van der Waals surface area contributed by atoms with Gasteiger partial charge in [-0.05, 0) is 19.1 Å². The number of rotatable bonds is 2. The minimum absolute atomic E-state index is 0.0707. The minimum Gasteiger partial charge on any atom is -0.367 e. The van der Waals surface area contributed by atoms with Gasteiger partial charge in [0.2, 0.25) is 11.1 Å². The number of aromatic nitrogens is 2. The van der Waals surface area contributed by atoms with Gasteiger partial charge < -0.3 is 19.3 Å². The highest BCUT2D eigenvalue weighted by Gasteiger charge is 2.21. The Hall–Kier alpha value is -2.61. The summed E-state index contributed by atoms with van der Waals surface area (Å²) in [5.41, 5.74) is 0.115. The Bertz CT molecular complexity index is 1040. The number of hydrogen-bond acceptors (Lipinski definition) is 5. The summed E-state index contributed by atoms with van der Waals surface area (Å²) >= 11 is 0. The van der Waals surface area contributed by atoms with Crippen molar-refractivity contribution < 1.29 is 8.91 Å². The van der Waals surface area contributed by atoms with E-state index >= 15 is 0 Å². The normalized spacial score (nSPS) is 15.5. The molecule has 126 valence electrons. The molecule has 7 nitrogen and oxygen atoms in total. The molecule has 0 unspecified atom stereocenters. The third kappa shape index (κ3) is 2.06. The van der Waals surface area contributed by atoms with Crippen molar-refractivity contribution in [1.29, 1.82) is 0 Å². The first-order valence-electron chi connectivity index (χ1n) is 7.94. The maximum atomic E-state index is 14.6. The summed E-state index contributed by atoms with van der Waals surface area (Å²) < 4.78 is 21.5. The Morgan fingerprint density at radius 3 is 2.71 bits per heavy atom. The molecule has 24 heavy (non-hydrogen) atoms. The molecule has 4 rings (SSSR count). The Morgan fingerprint density at radius 1 is 1.25 bits per heavy atom. The maximum absolute atomic E-state index is 14.6. The molecule has 0 atom stereocenters. The predicted molar refractivity (Wildman–Crippen MR) is 89.3 cm³/mol. The van der Waals surface area contributed by atoms with Crippen molar-refractivity contribution in [2.24, 2.45) is 0 Å². The average molecular weight is 332 g/mol. The van der Waals surface area contributed by atoms with Crippen molar-refractivity contribution in [1.82, 2.24) is 15.0 Å². The fourth-order valence-corrected chi connectivity index (χ4v) is 3.35. The van der Waals surface area contributed by atoms with Gasteiger partial charge in [0.25, 0.3) is 5.56 Å². The van der Waals surface area contributed by atoms with E-state index in [0.717, 1.165) is 13.1 Å². The third-order valence-corrected chi connectivity index (χ3v) is 4.53. The Balaban J connectivity index is 2.07. The van der Waals surface area contributed by atoms with Gasteiger partial charge in [-0.15, -0.1) is 0 Å². The molecule has 0 radical (unpaired) electrons. The highest BCUT2D eigenvalue weighted by atomic mass is 19.1. The molecule has 1 saturated heterocycles. The largest absolute Gasteiger partial charge is 0.367 e. The van der Waals surface area contributed by atoms with Crippen LogP contribution in [0.1, 0.15) is 6.92 Å². The zero-order valence-corrected chi connectivity index (χ0v) is 13.2. The molecule has 0 saturated carbocycles. The van der Waals surface area contributed by atoms with E-state index in [4.69, 9.17) is 4.52 Å². The number of piperazine rings is 1. The van der Waals surface area contributed by atoms with E-state index in [0.29, 0.717) is 30.8 Å². The summed E-state index contributed by atoms with van der Waals surface area (Å²) in [7, 11) is 0. The summed E-state index contributed by atoms with van der Waals surface area (Å²) in [6.45, 7) is 5.32. The quantitative estimate of drug-likeness (QED) is 0.732. The summed E-state index contributed by atoms with van der Waals surface area (Å²) in [5, 5.41) is 5.54. The van der Waals surface area contributed by atoms with Crippen molar-refractivity contribution in [3.8, 4) is 0 Å². The molecule has 3 heterocycles. The number of pyridine rings is 1. The molecular formula is C16H17FN4O3. The van der Waals surface area contributed by atoms with Crippen LogP contribution in [-0.4, -0.2) is 35.9 Å². The van der Waals surface area contributed by atoms with Gasteiger partial charge in [0.05, 0.1) is 11.2 Å². The van der Waals surface area contributed by atoms with Crippen LogP contribution in [-0.2, 0) is 6.54 Å². The minimum atomic E-state index is -0.592. The van der Waals surface area contributed by atoms with Crippen molar-refractivity contribution >= 4 is 27.7 Å². The van der Waals surface area contributed by atoms with Crippen LogP contribution >= 0.6 is 0 Å². The topological polar surface area (TPSA) is 83.3 Å². The molecule has 1 aliphatic rings. The summed E-state index contributed by atoms with van der Waals surface area (Å²) in [6, 6.07) is 2.90. The van der Waals surface area contributed by atoms with Gasteiger partial charge in [0, 0.05) is 38.1 Å². The van der Waals surface area contributed by atoms with Crippen molar-refractivity contribution in [3.63, 3.8) is 0 Å². The Kier molecular flexibility index (Phi) is 3.42. The lowest BCUT2D eigenvalue weighted by atomic mass is 10.1. The van der Waals surface area contributed by atoms with Gasteiger partial charge in [-0.1, -0.05) is 0 Å². The molecule has 1 aliphatic heterocycles. The first-order chi connectivity index (χ1) is 11.6. The second-order valence-corrected chi connectivity index (χ2v) is 5.84. The van der Waals surface area contributed by atoms with Gasteiger partial charge in [0.1, 0.15) is 5.82 Å². The monoisotopic (exact) mass is 332 g/mol. The number of fused-ring (bicyclic) bond motifs is 2. The number of anilines is 1. The number of hydrogen-bond donors (Lipinski definition) is 2. The van der Waals surface area contributed by atoms with Crippen LogP contribution in [0, 0.1) is 5.82 Å². The second kappa shape index (κ2) is 5.48. The number of aromatic amines is 1. The molecule has 0 spiro atoms. The highest BCUT2D eigenvalue weighted by Crippen LogP contribution is 2.27. The summed E-state index contributed by atoms with van der Waals surface area (Å²) in [5.74, 6) is -0.455. The average Bonchev–Trinajstić information content (AvgIpc) is 2.98. The van der Waals surface area contributed by atoms with Crippen LogP contribution in [0.5, 0.6) is 0 Å². The van der Waals surface area contributed by atoms with E-state index in [1.54, 1.807) is 10.6 Å². The second-order valence-electron chi connectivity index (χ2n) is 5.84. The van der Waals surface area contributed by atoms with Gasteiger partial charge in [0.15, 0.2) is 5.39 Å². The van der Waals surface area contributed by atoms with E-state index in [1.807, 2.05) is 11.8 Å². The van der Waals surface area contributed by atoms with E-state index in [2.05, 4.69) is 10.5 Å². The van der Waals surface area contributed by atoms with Crippen LogP contribution in [0.25, 0.3) is 22.0 Å². The molecule has 3 aromatic rings. The summed E-state index contributed by atoms with van der Waals surface area (Å²) in [6.07, 6.45) is 0. The standard InChI is InChI=1S/C16H17FN4O3/c1-2-21-11-8-12(20-5-3-18-4-6-20)10(17)7-9(11)14(22)13-15(23)19-24-16(13)21/h7-8,18H,2-6H2,1H3,(H,19,23). The Labute approximate surface area is 135 Å². The number of H-pyrrole nitrogens is 1. The highest BCUT2D eigenvalue weighted by molar-refractivity contribution is 5.92. The molecule has 0 bridgehead atoms. The maximum Gasteiger partial charge on any atom is 0.293 e. The van der Waals surface area contributed by atoms with Crippen molar-refractivity contribution in [2.45, 2.75) is 13.5 Å². The number of nitrogens with zero attached hydrogens (tertiary/aromatic N) is 2. The molecular weight excluding hydrogens is 315 g/mol. The Morgan fingerprint density at radius 2 is 2.00 bits per heavy atom. The molecule has 1 fully saturated rings. The molecule has 0 aliphatic carbocycles. The number of aryl methyl sites for hydroxylation is 1. The molecule has 1 aromatic carbocycles. The SMILES string of the molecule is CCn1c2cc(N3CCNCC3)c(F)cc2c(=O)c2c(=O)[nH]oc21. The predicted octanol–water partition coefficient (Wildman–Crippen LogP) is 1.00. The number of halogens is 1. The fraction of sp³-hybridized carbons (Fsp3) is 0.375. The van der Waals surface area contributed by atoms with Crippen molar-refractivity contribution in [2.75, 3.05) is 31.1 Å². The molecule has 2 N–H and O–H groups in total. The van der Waals surface area contributed by atoms with E-state index in [1.165, 1.54) is 6.07 Å². The molecule has 8 heteroatoms. The summed E-state index contributed by atoms with van der Waals surface area (Å²) in [4.78, 5) is 26.4.